The Balaban J connectivity index is 1.91. The summed E-state index contributed by atoms with van der Waals surface area (Å²) in [5.74, 6) is -1.36. The van der Waals surface area contributed by atoms with Crippen molar-refractivity contribution in [1.29, 1.82) is 5.26 Å². The van der Waals surface area contributed by atoms with Crippen LogP contribution in [-0.4, -0.2) is 18.8 Å². The van der Waals surface area contributed by atoms with E-state index in [1.54, 1.807) is 13.0 Å². The van der Waals surface area contributed by atoms with Gasteiger partial charge in [-0.25, -0.2) is 12.8 Å². The number of ether oxygens (including phenoxy) is 1. The lowest BCUT2D eigenvalue weighted by atomic mass is 9.96. The monoisotopic (exact) mass is 395 g/mol. The van der Waals surface area contributed by atoms with Crippen molar-refractivity contribution >= 4 is 9.84 Å². The molecule has 0 fully saturated rings. The number of hydrogen-bond donors (Lipinski definition) is 1. The molecule has 0 aromatic heterocycles. The molecule has 4 rings (SSSR count). The number of nitrogens with zero attached hydrogens (tertiary/aromatic N) is 1. The van der Waals surface area contributed by atoms with Crippen molar-refractivity contribution in [2.75, 3.05) is 0 Å². The first-order valence-corrected chi connectivity index (χ1v) is 9.42. The highest BCUT2D eigenvalue weighted by Crippen LogP contribution is 2.64. The molecular weight excluding hydrogens is 383 g/mol. The number of benzene rings is 2. The molecule has 9 heteroatoms. The van der Waals surface area contributed by atoms with Crippen molar-refractivity contribution in [3.05, 3.63) is 52.8 Å². The highest BCUT2D eigenvalue weighted by atomic mass is 32.2. The third-order valence-corrected chi connectivity index (χ3v) is 6.94. The van der Waals surface area contributed by atoms with E-state index in [1.807, 2.05) is 0 Å². The van der Waals surface area contributed by atoms with Crippen molar-refractivity contribution in [2.45, 2.75) is 35.0 Å². The lowest BCUT2D eigenvalue weighted by Gasteiger charge is -2.25. The fraction of sp³-hybridized carbons (Fsp3) is 0.278. The van der Waals surface area contributed by atoms with Gasteiger partial charge >= 0.3 is 5.25 Å². The van der Waals surface area contributed by atoms with Crippen LogP contribution < -0.4 is 4.74 Å². The van der Waals surface area contributed by atoms with Gasteiger partial charge in [-0.3, -0.25) is 0 Å². The summed E-state index contributed by atoms with van der Waals surface area (Å²) in [5, 5.41) is 15.1. The molecule has 0 spiro atoms. The van der Waals surface area contributed by atoms with Gasteiger partial charge in [-0.05, 0) is 36.6 Å². The van der Waals surface area contributed by atoms with Crippen LogP contribution in [0.25, 0.3) is 0 Å². The molecule has 2 aromatic rings. The van der Waals surface area contributed by atoms with Gasteiger partial charge in [0.2, 0.25) is 9.84 Å². The van der Waals surface area contributed by atoms with Crippen LogP contribution in [0.1, 0.15) is 36.0 Å². The predicted octanol–water partition coefficient (Wildman–Crippen LogP) is 3.56. The Hall–Kier alpha value is -2.57. The molecule has 2 aliphatic rings. The molecule has 5 nitrogen and oxygen atoms in total. The summed E-state index contributed by atoms with van der Waals surface area (Å²) in [4.78, 5) is -0.626. The third kappa shape index (κ3) is 2.11. The van der Waals surface area contributed by atoms with Crippen LogP contribution in [0, 0.1) is 17.1 Å². The maximum absolute atomic E-state index is 14.5. The highest BCUT2D eigenvalue weighted by Gasteiger charge is 2.73. The first-order valence-electron chi connectivity index (χ1n) is 7.93. The highest BCUT2D eigenvalue weighted by molar-refractivity contribution is 7.93. The van der Waals surface area contributed by atoms with Gasteiger partial charge in [0.25, 0.3) is 0 Å². The van der Waals surface area contributed by atoms with Crippen molar-refractivity contribution in [3.63, 3.8) is 0 Å². The average molecular weight is 395 g/mol. The first-order chi connectivity index (χ1) is 12.5. The Morgan fingerprint density at radius 3 is 2.67 bits per heavy atom. The van der Waals surface area contributed by atoms with E-state index in [0.717, 1.165) is 18.2 Å². The summed E-state index contributed by atoms with van der Waals surface area (Å²) in [6, 6.07) is 7.21. The SMILES string of the molecule is CC1CC2(O)c3c(ccc(Oc4cc(F)cc(C#N)c4)c31)S(=O)(=O)C2(F)F. The molecular formula is C18H12F3NO4S. The average Bonchev–Trinajstić information content (AvgIpc) is 2.92. The fourth-order valence-electron chi connectivity index (χ4n) is 3.89. The number of rotatable bonds is 2. The number of alkyl halides is 2. The number of aliphatic hydroxyl groups is 1. The predicted molar refractivity (Wildman–Crippen MR) is 86.7 cm³/mol. The molecule has 2 atom stereocenters. The molecule has 0 amide bonds. The van der Waals surface area contributed by atoms with E-state index in [1.165, 1.54) is 12.1 Å². The fourth-order valence-corrected chi connectivity index (χ4v) is 5.60. The lowest BCUT2D eigenvalue weighted by molar-refractivity contribution is -0.127. The van der Waals surface area contributed by atoms with E-state index in [-0.39, 0.29) is 28.2 Å². The maximum atomic E-state index is 14.5. The minimum absolute atomic E-state index is 0.00115. The standard InChI is InChI=1S/C18H12F3NO4S/c1-9-7-17(23)16-14(27(24,25)18(17,20)21)3-2-13(15(9)16)26-12-5-10(8-22)4-11(19)6-12/h2-6,9,23H,7H2,1H3. The van der Waals surface area contributed by atoms with E-state index in [9.17, 15) is 26.7 Å². The smallest absolute Gasteiger partial charge is 0.381 e. The molecule has 140 valence electrons. The van der Waals surface area contributed by atoms with Gasteiger partial charge in [-0.1, -0.05) is 6.92 Å². The second-order valence-corrected chi connectivity index (χ2v) is 8.69. The van der Waals surface area contributed by atoms with Crippen LogP contribution >= 0.6 is 0 Å². The van der Waals surface area contributed by atoms with Gasteiger partial charge in [0.1, 0.15) is 17.3 Å². The molecule has 1 heterocycles. The summed E-state index contributed by atoms with van der Waals surface area (Å²) in [6.07, 6.45) is -0.492. The van der Waals surface area contributed by atoms with Crippen LogP contribution in [0.2, 0.25) is 0 Å². The van der Waals surface area contributed by atoms with Gasteiger partial charge < -0.3 is 9.84 Å². The second-order valence-electron chi connectivity index (χ2n) is 6.73. The molecule has 2 unspecified atom stereocenters. The Morgan fingerprint density at radius 2 is 2.00 bits per heavy atom. The van der Waals surface area contributed by atoms with Gasteiger partial charge in [0.15, 0.2) is 5.60 Å². The van der Waals surface area contributed by atoms with Crippen molar-refractivity contribution in [2.24, 2.45) is 0 Å². The van der Waals surface area contributed by atoms with Gasteiger partial charge in [0.05, 0.1) is 16.5 Å². The minimum atomic E-state index is -5.04. The number of hydrogen-bond acceptors (Lipinski definition) is 5. The largest absolute Gasteiger partial charge is 0.457 e. The van der Waals surface area contributed by atoms with Crippen LogP contribution in [0.15, 0.2) is 35.2 Å². The van der Waals surface area contributed by atoms with Gasteiger partial charge in [0, 0.05) is 17.2 Å². The molecule has 2 aromatic carbocycles. The number of sulfone groups is 1. The van der Waals surface area contributed by atoms with Gasteiger partial charge in [-0.15, -0.1) is 0 Å². The lowest BCUT2D eigenvalue weighted by Crippen LogP contribution is -2.43. The maximum Gasteiger partial charge on any atom is 0.381 e. The summed E-state index contributed by atoms with van der Waals surface area (Å²) >= 11 is 0. The normalized spacial score (nSPS) is 26.4. The topological polar surface area (TPSA) is 87.4 Å². The van der Waals surface area contributed by atoms with Crippen LogP contribution in [0.5, 0.6) is 11.5 Å². The Labute approximate surface area is 152 Å². The van der Waals surface area contributed by atoms with Crippen LogP contribution in [-0.2, 0) is 15.4 Å². The zero-order valence-electron chi connectivity index (χ0n) is 13.8. The first kappa shape index (κ1) is 17.8. The molecule has 1 aliphatic heterocycles. The molecule has 0 bridgehead atoms. The Morgan fingerprint density at radius 1 is 1.30 bits per heavy atom. The van der Waals surface area contributed by atoms with E-state index in [2.05, 4.69) is 0 Å². The summed E-state index contributed by atoms with van der Waals surface area (Å²) < 4.78 is 72.6. The molecule has 0 saturated heterocycles. The third-order valence-electron chi connectivity index (χ3n) is 5.01. The van der Waals surface area contributed by atoms with Crippen molar-refractivity contribution in [3.8, 4) is 17.6 Å². The summed E-state index contributed by atoms with van der Waals surface area (Å²) in [5.41, 5.74) is -3.07. The summed E-state index contributed by atoms with van der Waals surface area (Å²) in [6.45, 7) is 1.56. The molecule has 1 N–H and O–H groups in total. The van der Waals surface area contributed by atoms with Crippen molar-refractivity contribution < 1.29 is 31.4 Å². The van der Waals surface area contributed by atoms with E-state index in [4.69, 9.17) is 10.00 Å². The molecule has 0 radical (unpaired) electrons. The van der Waals surface area contributed by atoms with Gasteiger partial charge in [-0.2, -0.15) is 14.0 Å². The molecule has 1 aliphatic carbocycles. The van der Waals surface area contributed by atoms with Crippen LogP contribution in [0.3, 0.4) is 0 Å². The number of nitriles is 1. The zero-order valence-corrected chi connectivity index (χ0v) is 14.6. The van der Waals surface area contributed by atoms with E-state index in [0.29, 0.717) is 0 Å². The molecule has 0 saturated carbocycles. The zero-order chi connectivity index (χ0) is 19.8. The molecule has 27 heavy (non-hydrogen) atoms. The Bertz CT molecular complexity index is 1140. The second kappa shape index (κ2) is 5.24. The van der Waals surface area contributed by atoms with E-state index < -0.39 is 43.7 Å². The van der Waals surface area contributed by atoms with Crippen molar-refractivity contribution in [1.82, 2.24) is 0 Å². The number of halogens is 3. The Kier molecular flexibility index (Phi) is 3.46. The quantitative estimate of drug-likeness (QED) is 0.840. The minimum Gasteiger partial charge on any atom is -0.457 e. The van der Waals surface area contributed by atoms with E-state index >= 15 is 0 Å². The van der Waals surface area contributed by atoms with Crippen LogP contribution in [0.4, 0.5) is 13.2 Å². The summed E-state index contributed by atoms with van der Waals surface area (Å²) in [7, 11) is -5.04.